The minimum atomic E-state index is -5.10. The fraction of sp³-hybridized carbons (Fsp3) is 0.379. The lowest BCUT2D eigenvalue weighted by molar-refractivity contribution is -0.280. The van der Waals surface area contributed by atoms with Crippen LogP contribution in [0.5, 0.6) is 5.75 Å². The molecule has 0 bridgehead atoms. The van der Waals surface area contributed by atoms with E-state index in [1.165, 1.54) is 38.6 Å². The van der Waals surface area contributed by atoms with Gasteiger partial charge in [0.25, 0.3) is 11.2 Å². The molecule has 0 unspecified atom stereocenters. The molecule has 0 amide bonds. The summed E-state index contributed by atoms with van der Waals surface area (Å²) in [5.41, 5.74) is -2.68. The third kappa shape index (κ3) is 5.18. The van der Waals surface area contributed by atoms with Crippen molar-refractivity contribution in [2.24, 2.45) is 5.92 Å². The number of benzene rings is 2. The van der Waals surface area contributed by atoms with E-state index >= 15 is 0 Å². The Morgan fingerprint density at radius 2 is 1.62 bits per heavy atom. The molecule has 11 heteroatoms. The van der Waals surface area contributed by atoms with Gasteiger partial charge < -0.3 is 23.8 Å². The Morgan fingerprint density at radius 1 is 1.00 bits per heavy atom. The monoisotopic (exact) mass is 561 g/mol. The SMILES string of the molecule is COc1c(-c2ccccc2)cn(OC)c(=O)c1[C@@H]1OC[C@@H](OC(=O)[C@](OC)(c2ccccc2)C(F)(F)F)C[C@H]1C. The van der Waals surface area contributed by atoms with Crippen molar-refractivity contribution >= 4 is 5.97 Å². The Morgan fingerprint density at radius 3 is 2.15 bits per heavy atom. The first-order valence-corrected chi connectivity index (χ1v) is 12.5. The minimum absolute atomic E-state index is 0.119. The number of pyridine rings is 1. The number of carbonyl (C=O) groups excluding carboxylic acids is 1. The number of carbonyl (C=O) groups is 1. The van der Waals surface area contributed by atoms with Crippen LogP contribution in [0.4, 0.5) is 13.2 Å². The highest BCUT2D eigenvalue weighted by molar-refractivity contribution is 5.83. The zero-order valence-corrected chi connectivity index (χ0v) is 22.4. The van der Waals surface area contributed by atoms with E-state index in [4.69, 9.17) is 23.8 Å². The molecule has 3 aromatic rings. The van der Waals surface area contributed by atoms with Crippen molar-refractivity contribution in [3.8, 4) is 16.9 Å². The molecule has 0 saturated carbocycles. The van der Waals surface area contributed by atoms with Crippen molar-refractivity contribution in [3.05, 3.63) is 88.3 Å². The molecule has 1 aliphatic heterocycles. The summed E-state index contributed by atoms with van der Waals surface area (Å²) >= 11 is 0. The molecule has 0 radical (unpaired) electrons. The van der Waals surface area contributed by atoms with Crippen LogP contribution in [0.3, 0.4) is 0 Å². The predicted octanol–water partition coefficient (Wildman–Crippen LogP) is 4.70. The molecule has 0 aliphatic carbocycles. The summed E-state index contributed by atoms with van der Waals surface area (Å²) in [6, 6.07) is 15.8. The summed E-state index contributed by atoms with van der Waals surface area (Å²) in [5.74, 6) is -1.77. The smallest absolute Gasteiger partial charge is 0.432 e. The van der Waals surface area contributed by atoms with Gasteiger partial charge in [-0.15, -0.1) is 0 Å². The highest BCUT2D eigenvalue weighted by Gasteiger charge is 2.64. The molecule has 4 atom stereocenters. The number of hydrogen-bond acceptors (Lipinski definition) is 7. The van der Waals surface area contributed by atoms with Crippen LogP contribution in [0, 0.1) is 5.92 Å². The molecule has 2 heterocycles. The molecule has 8 nitrogen and oxygen atoms in total. The number of ether oxygens (including phenoxy) is 4. The van der Waals surface area contributed by atoms with Gasteiger partial charge in [0, 0.05) is 18.2 Å². The van der Waals surface area contributed by atoms with Crippen molar-refractivity contribution in [3.63, 3.8) is 0 Å². The Balaban J connectivity index is 1.64. The van der Waals surface area contributed by atoms with E-state index < -0.39 is 47.0 Å². The third-order valence-electron chi connectivity index (χ3n) is 7.00. The molecule has 0 spiro atoms. The fourth-order valence-corrected chi connectivity index (χ4v) is 5.08. The van der Waals surface area contributed by atoms with Gasteiger partial charge in [0.05, 0.1) is 31.6 Å². The van der Waals surface area contributed by atoms with Gasteiger partial charge in [0.2, 0.25) is 0 Å². The van der Waals surface area contributed by atoms with E-state index in [9.17, 15) is 22.8 Å². The van der Waals surface area contributed by atoms with Crippen LogP contribution < -0.4 is 15.1 Å². The number of esters is 1. The van der Waals surface area contributed by atoms with Gasteiger partial charge in [-0.1, -0.05) is 67.6 Å². The number of halogens is 3. The van der Waals surface area contributed by atoms with E-state index in [1.807, 2.05) is 30.3 Å². The summed E-state index contributed by atoms with van der Waals surface area (Å²) in [6.45, 7) is 1.50. The van der Waals surface area contributed by atoms with Crippen molar-refractivity contribution < 1.29 is 41.8 Å². The maximum absolute atomic E-state index is 14.3. The third-order valence-corrected chi connectivity index (χ3v) is 7.00. The lowest BCUT2D eigenvalue weighted by Gasteiger charge is -2.37. The minimum Gasteiger partial charge on any atom is -0.495 e. The first-order chi connectivity index (χ1) is 19.1. The van der Waals surface area contributed by atoms with Crippen molar-refractivity contribution in [1.29, 1.82) is 0 Å². The molecular formula is C29H30F3NO7. The maximum Gasteiger partial charge on any atom is 0.432 e. The highest BCUT2D eigenvalue weighted by Crippen LogP contribution is 2.45. The number of alkyl halides is 3. The fourth-order valence-electron chi connectivity index (χ4n) is 5.08. The first kappa shape index (κ1) is 29.2. The van der Waals surface area contributed by atoms with E-state index in [-0.39, 0.29) is 24.3 Å². The average molecular weight is 562 g/mol. The zero-order chi connectivity index (χ0) is 29.1. The van der Waals surface area contributed by atoms with Crippen LogP contribution in [-0.4, -0.2) is 50.9 Å². The summed E-state index contributed by atoms with van der Waals surface area (Å²) in [6.07, 6.45) is -5.30. The molecular weight excluding hydrogens is 531 g/mol. The molecule has 0 N–H and O–H groups in total. The summed E-state index contributed by atoms with van der Waals surface area (Å²) < 4.78 is 65.8. The zero-order valence-electron chi connectivity index (χ0n) is 22.4. The Kier molecular flexibility index (Phi) is 8.55. The lowest BCUT2D eigenvalue weighted by Crippen LogP contribution is -2.53. The van der Waals surface area contributed by atoms with Gasteiger partial charge >= 0.3 is 12.1 Å². The van der Waals surface area contributed by atoms with Gasteiger partial charge in [0.15, 0.2) is 0 Å². The topological polar surface area (TPSA) is 85.2 Å². The second-order valence-corrected chi connectivity index (χ2v) is 9.41. The summed E-state index contributed by atoms with van der Waals surface area (Å²) in [4.78, 5) is 31.7. The Labute approximate surface area is 229 Å². The standard InChI is InChI=1S/C29H30F3NO7/c1-18-15-21(40-27(35)28(37-3,29(30,31)32)20-13-9-6-10-14-20)17-39-24(18)23-25(36-2)22(16-33(38-4)26(23)34)19-11-7-5-8-12-19/h5-14,16,18,21,24H,15,17H2,1-4H3/t18-,21+,24-,28-/m1/s1. The van der Waals surface area contributed by atoms with Gasteiger partial charge in [-0.2, -0.15) is 17.9 Å². The van der Waals surface area contributed by atoms with Gasteiger partial charge in [-0.3, -0.25) is 4.79 Å². The normalized spacial score (nSPS) is 20.8. The second-order valence-electron chi connectivity index (χ2n) is 9.41. The highest BCUT2D eigenvalue weighted by atomic mass is 19.4. The maximum atomic E-state index is 14.3. The van der Waals surface area contributed by atoms with Crippen molar-refractivity contribution in [2.75, 3.05) is 27.9 Å². The van der Waals surface area contributed by atoms with Crippen LogP contribution in [0.15, 0.2) is 71.7 Å². The molecule has 2 aromatic carbocycles. The lowest BCUT2D eigenvalue weighted by atomic mass is 9.88. The number of rotatable bonds is 8. The number of methoxy groups -OCH3 is 2. The summed E-state index contributed by atoms with van der Waals surface area (Å²) in [5, 5.41) is 0. The number of nitrogens with zero attached hydrogens (tertiary/aromatic N) is 1. The van der Waals surface area contributed by atoms with E-state index in [0.29, 0.717) is 5.56 Å². The van der Waals surface area contributed by atoms with Crippen LogP contribution >= 0.6 is 0 Å². The van der Waals surface area contributed by atoms with Crippen LogP contribution in [0.25, 0.3) is 11.1 Å². The van der Waals surface area contributed by atoms with Crippen molar-refractivity contribution in [2.45, 2.75) is 37.3 Å². The molecule has 214 valence electrons. The quantitative estimate of drug-likeness (QED) is 0.369. The molecule has 4 rings (SSSR count). The van der Waals surface area contributed by atoms with E-state index in [0.717, 1.165) is 29.5 Å². The average Bonchev–Trinajstić information content (AvgIpc) is 2.94. The molecule has 1 aliphatic rings. The molecule has 1 saturated heterocycles. The second kappa shape index (κ2) is 11.7. The van der Waals surface area contributed by atoms with Gasteiger partial charge in [-0.25, -0.2) is 4.79 Å². The number of hydrogen-bond donors (Lipinski definition) is 0. The Hall–Kier alpha value is -3.83. The van der Waals surface area contributed by atoms with Crippen LogP contribution in [0.1, 0.15) is 30.6 Å². The van der Waals surface area contributed by atoms with Crippen molar-refractivity contribution in [1.82, 2.24) is 4.73 Å². The largest absolute Gasteiger partial charge is 0.495 e. The predicted molar refractivity (Wildman–Crippen MR) is 139 cm³/mol. The molecule has 40 heavy (non-hydrogen) atoms. The Bertz CT molecular complexity index is 1380. The molecule has 1 fully saturated rings. The van der Waals surface area contributed by atoms with E-state index in [1.54, 1.807) is 6.92 Å². The summed E-state index contributed by atoms with van der Waals surface area (Å²) in [7, 11) is 3.60. The first-order valence-electron chi connectivity index (χ1n) is 12.5. The van der Waals surface area contributed by atoms with E-state index in [2.05, 4.69) is 0 Å². The van der Waals surface area contributed by atoms with Gasteiger partial charge in [-0.05, 0) is 17.9 Å². The number of aromatic nitrogens is 1. The van der Waals surface area contributed by atoms with Crippen LogP contribution in [0.2, 0.25) is 0 Å². The molecule has 1 aromatic heterocycles. The van der Waals surface area contributed by atoms with Crippen LogP contribution in [-0.2, 0) is 24.6 Å². The van der Waals surface area contributed by atoms with Gasteiger partial charge in [0.1, 0.15) is 19.0 Å².